The van der Waals surface area contributed by atoms with Gasteiger partial charge in [-0.05, 0) is 37.0 Å². The van der Waals surface area contributed by atoms with Gasteiger partial charge in [-0.3, -0.25) is 0 Å². The summed E-state index contributed by atoms with van der Waals surface area (Å²) in [5.41, 5.74) is 1.30. The Morgan fingerprint density at radius 2 is 2.06 bits per heavy atom. The van der Waals surface area contributed by atoms with Crippen LogP contribution in [0.5, 0.6) is 0 Å². The molecule has 2 N–H and O–H groups in total. The van der Waals surface area contributed by atoms with Gasteiger partial charge in [0.2, 0.25) is 0 Å². The molecule has 11 heteroatoms. The van der Waals surface area contributed by atoms with Gasteiger partial charge in [-0.15, -0.1) is 0 Å². The van der Waals surface area contributed by atoms with Crippen molar-refractivity contribution in [3.8, 4) is 11.4 Å². The molecule has 0 amide bonds. The van der Waals surface area contributed by atoms with E-state index in [1.54, 1.807) is 34.8 Å². The lowest BCUT2D eigenvalue weighted by Gasteiger charge is -2.31. The van der Waals surface area contributed by atoms with Crippen LogP contribution in [0.2, 0.25) is 5.02 Å². The van der Waals surface area contributed by atoms with Gasteiger partial charge in [-0.1, -0.05) is 23.7 Å². The van der Waals surface area contributed by atoms with Crippen LogP contribution in [-0.2, 0) is 11.0 Å². The van der Waals surface area contributed by atoms with Crippen molar-refractivity contribution in [1.82, 2.24) is 24.2 Å². The first-order valence-corrected chi connectivity index (χ1v) is 12.3. The number of nitrogens with zero attached hydrogens (tertiary/aromatic N) is 4. The molecule has 0 radical (unpaired) electrons. The highest BCUT2D eigenvalue weighted by Crippen LogP contribution is 2.29. The van der Waals surface area contributed by atoms with Crippen LogP contribution in [0.3, 0.4) is 0 Å². The number of pyridine rings is 1. The number of rotatable bonds is 6. The standard InChI is InChI=1S/C23H21ClF2N6OS/c24-15-8-16-17(11-29-21(16)28-10-15)22-30-12-19(26)23(31-22)27-9-14-4-3-7-32(13-14)34(33)20-6-2-1-5-18(20)25/h1-2,5-6,8,10-12,14H,3-4,7,9,13H2,(H,28,29)(H,27,30,31). The quantitative estimate of drug-likeness (QED) is 0.395. The minimum absolute atomic E-state index is 0.0849. The lowest BCUT2D eigenvalue weighted by atomic mass is 10.00. The van der Waals surface area contributed by atoms with Crippen molar-refractivity contribution in [2.24, 2.45) is 5.92 Å². The highest BCUT2D eigenvalue weighted by Gasteiger charge is 2.26. The number of piperidine rings is 1. The van der Waals surface area contributed by atoms with Crippen molar-refractivity contribution in [3.05, 3.63) is 65.6 Å². The summed E-state index contributed by atoms with van der Waals surface area (Å²) in [5, 5.41) is 4.29. The van der Waals surface area contributed by atoms with Crippen molar-refractivity contribution in [2.75, 3.05) is 25.0 Å². The van der Waals surface area contributed by atoms with Gasteiger partial charge in [0.25, 0.3) is 0 Å². The first-order chi connectivity index (χ1) is 16.5. The Labute approximate surface area is 202 Å². The second kappa shape index (κ2) is 9.73. The molecule has 3 aromatic heterocycles. The van der Waals surface area contributed by atoms with E-state index < -0.39 is 22.6 Å². The SMILES string of the molecule is O=S(c1ccccc1F)N1CCCC(CNc2nc(-c3c[nH]c4ncc(Cl)cc34)ncc2F)C1. The molecule has 176 valence electrons. The van der Waals surface area contributed by atoms with Crippen molar-refractivity contribution in [1.29, 1.82) is 0 Å². The fraction of sp³-hybridized carbons (Fsp3) is 0.261. The maximum Gasteiger partial charge on any atom is 0.183 e. The van der Waals surface area contributed by atoms with Gasteiger partial charge in [0, 0.05) is 43.0 Å². The summed E-state index contributed by atoms with van der Waals surface area (Å²) < 4.78 is 43.2. The van der Waals surface area contributed by atoms with Crippen LogP contribution in [0, 0.1) is 17.6 Å². The second-order valence-electron chi connectivity index (χ2n) is 8.10. The molecule has 7 nitrogen and oxygen atoms in total. The molecule has 5 rings (SSSR count). The largest absolute Gasteiger partial charge is 0.367 e. The van der Waals surface area contributed by atoms with E-state index in [0.29, 0.717) is 41.7 Å². The number of nitrogens with one attached hydrogen (secondary N) is 2. The van der Waals surface area contributed by atoms with E-state index in [1.165, 1.54) is 12.3 Å². The van der Waals surface area contributed by atoms with Gasteiger partial charge in [-0.25, -0.2) is 32.2 Å². The molecule has 4 heterocycles. The number of hydrogen-bond acceptors (Lipinski definition) is 5. The average molecular weight is 503 g/mol. The summed E-state index contributed by atoms with van der Waals surface area (Å²) in [7, 11) is -1.58. The van der Waals surface area contributed by atoms with E-state index in [-0.39, 0.29) is 16.6 Å². The van der Waals surface area contributed by atoms with E-state index in [2.05, 4.69) is 25.3 Å². The lowest BCUT2D eigenvalue weighted by molar-refractivity contribution is 0.285. The van der Waals surface area contributed by atoms with Crippen LogP contribution in [0.4, 0.5) is 14.6 Å². The Hall–Kier alpha value is -2.95. The normalized spacial score (nSPS) is 17.7. The molecule has 0 aliphatic carbocycles. The molecule has 0 saturated carbocycles. The summed E-state index contributed by atoms with van der Waals surface area (Å²) in [4.78, 5) is 16.0. The van der Waals surface area contributed by atoms with Crippen LogP contribution >= 0.6 is 11.6 Å². The van der Waals surface area contributed by atoms with Gasteiger partial charge in [0.05, 0.1) is 16.1 Å². The molecule has 2 unspecified atom stereocenters. The third-order valence-corrected chi connectivity index (χ3v) is 7.50. The fourth-order valence-corrected chi connectivity index (χ4v) is 5.60. The summed E-state index contributed by atoms with van der Waals surface area (Å²) >= 11 is 6.07. The Balaban J connectivity index is 1.30. The lowest BCUT2D eigenvalue weighted by Crippen LogP contribution is -2.39. The van der Waals surface area contributed by atoms with Crippen LogP contribution < -0.4 is 5.32 Å². The van der Waals surface area contributed by atoms with Gasteiger partial charge in [-0.2, -0.15) is 0 Å². The first-order valence-electron chi connectivity index (χ1n) is 10.8. The van der Waals surface area contributed by atoms with Crippen molar-refractivity contribution in [2.45, 2.75) is 17.7 Å². The molecule has 2 atom stereocenters. The number of hydrogen-bond donors (Lipinski definition) is 2. The second-order valence-corrected chi connectivity index (χ2v) is 9.99. The third kappa shape index (κ3) is 4.66. The average Bonchev–Trinajstić information content (AvgIpc) is 3.26. The minimum Gasteiger partial charge on any atom is -0.367 e. The van der Waals surface area contributed by atoms with Crippen LogP contribution in [0.1, 0.15) is 12.8 Å². The molecular formula is C23H21ClF2N6OS. The topological polar surface area (TPSA) is 86.8 Å². The number of benzene rings is 1. The van der Waals surface area contributed by atoms with Crippen LogP contribution in [0.15, 0.2) is 53.8 Å². The highest BCUT2D eigenvalue weighted by atomic mass is 35.5. The van der Waals surface area contributed by atoms with E-state index in [9.17, 15) is 13.0 Å². The molecule has 1 aromatic carbocycles. The number of aromatic amines is 1. The number of H-pyrrole nitrogens is 1. The van der Waals surface area contributed by atoms with Crippen molar-refractivity contribution in [3.63, 3.8) is 0 Å². The number of halogens is 3. The smallest absolute Gasteiger partial charge is 0.183 e. The zero-order chi connectivity index (χ0) is 23.7. The Morgan fingerprint density at radius 3 is 2.91 bits per heavy atom. The summed E-state index contributed by atoms with van der Waals surface area (Å²) in [6.07, 6.45) is 6.07. The molecular weight excluding hydrogens is 482 g/mol. The van der Waals surface area contributed by atoms with Crippen molar-refractivity contribution < 1.29 is 13.0 Å². The van der Waals surface area contributed by atoms with E-state index in [1.807, 2.05) is 0 Å². The molecule has 1 aliphatic rings. The van der Waals surface area contributed by atoms with Gasteiger partial charge in [0.15, 0.2) is 17.5 Å². The molecule has 0 spiro atoms. The van der Waals surface area contributed by atoms with Crippen LogP contribution in [-0.4, -0.2) is 48.1 Å². The van der Waals surface area contributed by atoms with Crippen LogP contribution in [0.25, 0.3) is 22.4 Å². The summed E-state index contributed by atoms with van der Waals surface area (Å²) in [5.74, 6) is -0.530. The predicted octanol–water partition coefficient (Wildman–Crippen LogP) is 4.80. The predicted molar refractivity (Wildman–Crippen MR) is 128 cm³/mol. The monoisotopic (exact) mass is 502 g/mol. The molecule has 1 saturated heterocycles. The summed E-state index contributed by atoms with van der Waals surface area (Å²) in [6.45, 7) is 1.54. The van der Waals surface area contributed by atoms with E-state index >= 15 is 0 Å². The summed E-state index contributed by atoms with van der Waals surface area (Å²) in [6, 6.07) is 7.85. The maximum absolute atomic E-state index is 14.5. The fourth-order valence-electron chi connectivity index (χ4n) is 4.09. The first kappa shape index (κ1) is 22.8. The highest BCUT2D eigenvalue weighted by molar-refractivity contribution is 7.82. The zero-order valence-corrected chi connectivity index (χ0v) is 19.5. The minimum atomic E-state index is -1.58. The molecule has 0 bridgehead atoms. The number of aromatic nitrogens is 4. The molecule has 1 fully saturated rings. The Morgan fingerprint density at radius 1 is 1.21 bits per heavy atom. The Kier molecular flexibility index (Phi) is 6.53. The number of fused-ring (bicyclic) bond motifs is 1. The molecule has 1 aliphatic heterocycles. The van der Waals surface area contributed by atoms with Gasteiger partial charge >= 0.3 is 0 Å². The molecule has 34 heavy (non-hydrogen) atoms. The Bertz CT molecular complexity index is 1370. The zero-order valence-electron chi connectivity index (χ0n) is 18.0. The van der Waals surface area contributed by atoms with Crippen molar-refractivity contribution >= 4 is 39.4 Å². The molecule has 4 aromatic rings. The van der Waals surface area contributed by atoms with Gasteiger partial charge in [0.1, 0.15) is 22.5 Å². The van der Waals surface area contributed by atoms with Gasteiger partial charge < -0.3 is 10.3 Å². The van der Waals surface area contributed by atoms with E-state index in [4.69, 9.17) is 11.6 Å². The third-order valence-electron chi connectivity index (χ3n) is 5.78. The maximum atomic E-state index is 14.5. The van der Waals surface area contributed by atoms with E-state index in [0.717, 1.165) is 24.4 Å². The number of anilines is 1.